The van der Waals surface area contributed by atoms with Gasteiger partial charge in [-0.25, -0.2) is 0 Å². The van der Waals surface area contributed by atoms with E-state index in [0.717, 1.165) is 0 Å². The molecule has 0 saturated heterocycles. The summed E-state index contributed by atoms with van der Waals surface area (Å²) in [6.45, 7) is 0. The van der Waals surface area contributed by atoms with Gasteiger partial charge in [-0.2, -0.15) is 0 Å². The van der Waals surface area contributed by atoms with Gasteiger partial charge in [-0.3, -0.25) is 0 Å². The Morgan fingerprint density at radius 2 is 0.917 bits per heavy atom. The van der Waals surface area contributed by atoms with Gasteiger partial charge in [-0.15, -0.1) is 0 Å². The second-order valence-electron chi connectivity index (χ2n) is 3.19. The van der Waals surface area contributed by atoms with Crippen LogP contribution in [0.25, 0.3) is 0 Å². The Labute approximate surface area is 75.6 Å². The molecule has 0 spiro atoms. The summed E-state index contributed by atoms with van der Waals surface area (Å²) in [6.07, 6.45) is 8.00. The fourth-order valence-electron chi connectivity index (χ4n) is 0.527. The van der Waals surface area contributed by atoms with E-state index in [1.54, 1.807) is 0 Å². The van der Waals surface area contributed by atoms with Gasteiger partial charge < -0.3 is 14.7 Å². The molecule has 0 unspecified atom stereocenters. The zero-order valence-electron chi connectivity index (χ0n) is 8.65. The van der Waals surface area contributed by atoms with Crippen molar-refractivity contribution in [3.8, 4) is 0 Å². The molecule has 0 fully saturated rings. The highest BCUT2D eigenvalue weighted by molar-refractivity contribution is 4.87. The van der Waals surface area contributed by atoms with Crippen molar-refractivity contribution in [2.75, 3.05) is 35.2 Å². The molecule has 3 heteroatoms. The second-order valence-corrected chi connectivity index (χ2v) is 3.19. The van der Waals surface area contributed by atoms with Gasteiger partial charge in [0.1, 0.15) is 0 Å². The first kappa shape index (κ1) is 10.9. The molecule has 3 nitrogen and oxygen atoms in total. The molecule has 0 saturated carbocycles. The van der Waals surface area contributed by atoms with Crippen molar-refractivity contribution in [2.24, 2.45) is 0 Å². The van der Waals surface area contributed by atoms with Crippen LogP contribution in [0.15, 0.2) is 24.8 Å². The molecule has 0 atom stereocenters. The number of hydrogen-bond acceptors (Lipinski definition) is 3. The maximum atomic E-state index is 2.00. The topological polar surface area (TPSA) is 9.72 Å². The summed E-state index contributed by atoms with van der Waals surface area (Å²) >= 11 is 0. The Bertz CT molecular complexity index is 141. The molecule has 0 radical (unpaired) electrons. The zero-order valence-corrected chi connectivity index (χ0v) is 8.65. The molecule has 0 heterocycles. The van der Waals surface area contributed by atoms with Crippen molar-refractivity contribution in [3.63, 3.8) is 0 Å². The van der Waals surface area contributed by atoms with Crippen molar-refractivity contribution in [3.05, 3.63) is 24.8 Å². The first-order valence-corrected chi connectivity index (χ1v) is 3.94. The van der Waals surface area contributed by atoms with Crippen LogP contribution in [0.5, 0.6) is 0 Å². The molecule has 70 valence electrons. The lowest BCUT2D eigenvalue weighted by Gasteiger charge is -2.11. The largest absolute Gasteiger partial charge is 0.382 e. The Hall–Kier alpha value is -1.12. The van der Waals surface area contributed by atoms with Gasteiger partial charge in [-0.05, 0) is 0 Å². The summed E-state index contributed by atoms with van der Waals surface area (Å²) in [5, 5.41) is 0. The van der Waals surface area contributed by atoms with E-state index in [1.807, 2.05) is 74.7 Å². The minimum absolute atomic E-state index is 2.00. The van der Waals surface area contributed by atoms with Crippen molar-refractivity contribution >= 4 is 0 Å². The molecular formula is C9H19N3. The Morgan fingerprint density at radius 3 is 1.17 bits per heavy atom. The standard InChI is InChI=1S/C9H19N3/c1-10(2)6-8-12(5)9-7-11(3)4/h6-9H,1-5H3/b8-6+,9-7+. The zero-order chi connectivity index (χ0) is 9.56. The van der Waals surface area contributed by atoms with E-state index in [1.165, 1.54) is 0 Å². The highest BCUT2D eigenvalue weighted by atomic mass is 15.1. The molecule has 0 aromatic carbocycles. The van der Waals surface area contributed by atoms with E-state index in [2.05, 4.69) is 0 Å². The van der Waals surface area contributed by atoms with E-state index in [9.17, 15) is 0 Å². The van der Waals surface area contributed by atoms with E-state index in [4.69, 9.17) is 0 Å². The van der Waals surface area contributed by atoms with Gasteiger partial charge in [0.05, 0.1) is 0 Å². The van der Waals surface area contributed by atoms with Gasteiger partial charge in [-0.1, -0.05) is 0 Å². The minimum Gasteiger partial charge on any atom is -0.382 e. The van der Waals surface area contributed by atoms with Crippen LogP contribution in [0.2, 0.25) is 0 Å². The van der Waals surface area contributed by atoms with Crippen LogP contribution in [0.4, 0.5) is 0 Å². The highest BCUT2D eigenvalue weighted by Crippen LogP contribution is 1.88. The quantitative estimate of drug-likeness (QED) is 0.621. The average molecular weight is 169 g/mol. The summed E-state index contributed by atoms with van der Waals surface area (Å²) in [7, 11) is 10.0. The predicted molar refractivity (Wildman–Crippen MR) is 53.4 cm³/mol. The van der Waals surface area contributed by atoms with Crippen LogP contribution in [0.1, 0.15) is 0 Å². The lowest BCUT2D eigenvalue weighted by atomic mass is 10.6. The van der Waals surface area contributed by atoms with Crippen LogP contribution in [0, 0.1) is 0 Å². The molecule has 0 aliphatic rings. The molecule has 0 aromatic heterocycles. The van der Waals surface area contributed by atoms with Crippen molar-refractivity contribution in [2.45, 2.75) is 0 Å². The molecule has 0 aromatic rings. The van der Waals surface area contributed by atoms with E-state index < -0.39 is 0 Å². The normalized spacial score (nSPS) is 11.1. The summed E-state index contributed by atoms with van der Waals surface area (Å²) in [5.74, 6) is 0. The fourth-order valence-corrected chi connectivity index (χ4v) is 0.527. The van der Waals surface area contributed by atoms with Crippen molar-refractivity contribution < 1.29 is 0 Å². The van der Waals surface area contributed by atoms with Crippen LogP contribution in [-0.2, 0) is 0 Å². The lowest BCUT2D eigenvalue weighted by molar-refractivity contribution is 0.514. The molecule has 0 amide bonds. The van der Waals surface area contributed by atoms with Crippen LogP contribution >= 0.6 is 0 Å². The molecule has 0 aliphatic heterocycles. The minimum atomic E-state index is 2.00. The van der Waals surface area contributed by atoms with Crippen molar-refractivity contribution in [1.29, 1.82) is 0 Å². The van der Waals surface area contributed by atoms with E-state index >= 15 is 0 Å². The first-order valence-electron chi connectivity index (χ1n) is 3.94. The third-order valence-corrected chi connectivity index (χ3v) is 1.20. The smallest absolute Gasteiger partial charge is 0.0191 e. The molecule has 12 heavy (non-hydrogen) atoms. The SMILES string of the molecule is CN(C)/C=C/N(C)/C=C/N(C)C. The molecule has 0 aliphatic carbocycles. The third-order valence-electron chi connectivity index (χ3n) is 1.20. The van der Waals surface area contributed by atoms with Gasteiger partial charge in [0, 0.05) is 60.0 Å². The number of hydrogen-bond donors (Lipinski definition) is 0. The summed E-state index contributed by atoms with van der Waals surface area (Å²) in [4.78, 5) is 6.00. The summed E-state index contributed by atoms with van der Waals surface area (Å²) in [5.41, 5.74) is 0. The van der Waals surface area contributed by atoms with Gasteiger partial charge in [0.15, 0.2) is 0 Å². The van der Waals surface area contributed by atoms with Crippen LogP contribution in [-0.4, -0.2) is 49.9 Å². The molecule has 0 rings (SSSR count). The Morgan fingerprint density at radius 1 is 0.583 bits per heavy atom. The number of nitrogens with zero attached hydrogens (tertiary/aromatic N) is 3. The summed E-state index contributed by atoms with van der Waals surface area (Å²) in [6, 6.07) is 0. The maximum Gasteiger partial charge on any atom is 0.0191 e. The van der Waals surface area contributed by atoms with Crippen molar-refractivity contribution in [1.82, 2.24) is 14.7 Å². The second kappa shape index (κ2) is 5.52. The van der Waals surface area contributed by atoms with E-state index in [0.29, 0.717) is 0 Å². The Kier molecular flexibility index (Phi) is 5.00. The van der Waals surface area contributed by atoms with Gasteiger partial charge >= 0.3 is 0 Å². The molecule has 0 N–H and O–H groups in total. The van der Waals surface area contributed by atoms with E-state index in [-0.39, 0.29) is 0 Å². The van der Waals surface area contributed by atoms with Gasteiger partial charge in [0.25, 0.3) is 0 Å². The lowest BCUT2D eigenvalue weighted by Crippen LogP contribution is -2.08. The fraction of sp³-hybridized carbons (Fsp3) is 0.556. The van der Waals surface area contributed by atoms with Crippen LogP contribution in [0.3, 0.4) is 0 Å². The number of rotatable bonds is 4. The monoisotopic (exact) mass is 169 g/mol. The predicted octanol–water partition coefficient (Wildman–Crippen LogP) is 0.984. The van der Waals surface area contributed by atoms with Crippen LogP contribution < -0.4 is 0 Å². The average Bonchev–Trinajstić information content (AvgIpc) is 1.96. The molecular weight excluding hydrogens is 150 g/mol. The first-order chi connectivity index (χ1) is 5.52. The maximum absolute atomic E-state index is 2.00. The molecule has 0 bridgehead atoms. The van der Waals surface area contributed by atoms with Gasteiger partial charge in [0.2, 0.25) is 0 Å². The highest BCUT2D eigenvalue weighted by Gasteiger charge is 1.82. The Balaban J connectivity index is 3.80. The summed E-state index contributed by atoms with van der Waals surface area (Å²) < 4.78 is 0. The third kappa shape index (κ3) is 6.99.